The first kappa shape index (κ1) is 23.9. The number of hydrogen-bond donors (Lipinski definition) is 3. The average molecular weight is 446 g/mol. The van der Waals surface area contributed by atoms with Crippen molar-refractivity contribution >= 4 is 35.4 Å². The van der Waals surface area contributed by atoms with Gasteiger partial charge in [-0.1, -0.05) is 41.9 Å². The van der Waals surface area contributed by atoms with Crippen molar-refractivity contribution in [2.45, 2.75) is 25.9 Å². The topological polar surface area (TPSA) is 114 Å². The third-order valence-electron chi connectivity index (χ3n) is 4.11. The van der Waals surface area contributed by atoms with Gasteiger partial charge in [-0.2, -0.15) is 0 Å². The van der Waals surface area contributed by atoms with Crippen molar-refractivity contribution in [1.29, 1.82) is 0 Å². The number of rotatable bonds is 9. The van der Waals surface area contributed by atoms with Crippen molar-refractivity contribution in [2.24, 2.45) is 0 Å². The van der Waals surface area contributed by atoms with Crippen LogP contribution in [0.4, 0.5) is 4.79 Å². The molecule has 0 aromatic heterocycles. The van der Waals surface area contributed by atoms with Crippen molar-refractivity contribution in [3.05, 3.63) is 70.7 Å². The number of halogens is 1. The molecule has 0 aliphatic carbocycles. The number of imide groups is 1. The Hall–Kier alpha value is -3.39. The zero-order valence-corrected chi connectivity index (χ0v) is 17.8. The molecular formula is C22H24ClN3O5. The lowest BCUT2D eigenvalue weighted by Crippen LogP contribution is -2.42. The lowest BCUT2D eigenvalue weighted by Gasteiger charge is -2.17. The molecule has 0 spiro atoms. The summed E-state index contributed by atoms with van der Waals surface area (Å²) in [5.74, 6) is -1.66. The van der Waals surface area contributed by atoms with Crippen LogP contribution in [0.1, 0.15) is 41.8 Å². The van der Waals surface area contributed by atoms with Gasteiger partial charge in [-0.3, -0.25) is 19.7 Å². The summed E-state index contributed by atoms with van der Waals surface area (Å²) in [4.78, 5) is 48.4. The fourth-order valence-corrected chi connectivity index (χ4v) is 2.74. The summed E-state index contributed by atoms with van der Waals surface area (Å²) < 4.78 is 5.32. The van der Waals surface area contributed by atoms with E-state index in [0.717, 1.165) is 0 Å². The third kappa shape index (κ3) is 8.10. The van der Waals surface area contributed by atoms with Crippen LogP contribution < -0.4 is 16.0 Å². The van der Waals surface area contributed by atoms with Gasteiger partial charge >= 0.3 is 12.0 Å². The molecule has 3 N–H and O–H groups in total. The van der Waals surface area contributed by atoms with Crippen LogP contribution >= 0.6 is 11.6 Å². The summed E-state index contributed by atoms with van der Waals surface area (Å²) in [5, 5.41) is 7.83. The molecule has 2 rings (SSSR count). The van der Waals surface area contributed by atoms with Crippen molar-refractivity contribution < 1.29 is 23.9 Å². The number of benzene rings is 2. The second-order valence-electron chi connectivity index (χ2n) is 6.50. The number of urea groups is 1. The van der Waals surface area contributed by atoms with Crippen molar-refractivity contribution in [3.8, 4) is 0 Å². The van der Waals surface area contributed by atoms with Gasteiger partial charge in [-0.05, 0) is 37.6 Å². The monoisotopic (exact) mass is 445 g/mol. The van der Waals surface area contributed by atoms with Gasteiger partial charge in [0.25, 0.3) is 11.8 Å². The molecule has 0 saturated heterocycles. The van der Waals surface area contributed by atoms with Crippen molar-refractivity contribution in [1.82, 2.24) is 16.0 Å². The first-order valence-corrected chi connectivity index (χ1v) is 10.2. The van der Waals surface area contributed by atoms with Crippen molar-refractivity contribution in [2.75, 3.05) is 13.1 Å². The Bertz CT molecular complexity index is 903. The van der Waals surface area contributed by atoms with E-state index in [2.05, 4.69) is 16.0 Å². The molecule has 8 nitrogen and oxygen atoms in total. The second kappa shape index (κ2) is 12.3. The van der Waals surface area contributed by atoms with E-state index in [1.807, 2.05) is 0 Å². The molecule has 2 aromatic carbocycles. The van der Waals surface area contributed by atoms with Crippen LogP contribution in [0.25, 0.3) is 0 Å². The van der Waals surface area contributed by atoms with Crippen LogP contribution in [0.15, 0.2) is 54.6 Å². The smallest absolute Gasteiger partial charge is 0.321 e. The maximum atomic E-state index is 12.4. The lowest BCUT2D eigenvalue weighted by atomic mass is 10.1. The quantitative estimate of drug-likeness (QED) is 0.405. The van der Waals surface area contributed by atoms with E-state index < -0.39 is 24.0 Å². The highest BCUT2D eigenvalue weighted by molar-refractivity contribution is 6.30. The van der Waals surface area contributed by atoms with Gasteiger partial charge in [0, 0.05) is 35.7 Å². The van der Waals surface area contributed by atoms with Gasteiger partial charge in [-0.15, -0.1) is 0 Å². The molecule has 0 aliphatic rings. The molecule has 0 fully saturated rings. The third-order valence-corrected chi connectivity index (χ3v) is 4.37. The minimum Gasteiger partial charge on any atom is -0.447 e. The molecule has 4 amide bonds. The zero-order chi connectivity index (χ0) is 22.6. The standard InChI is InChI=1S/C22H24ClN3O5/c1-2-24-22(30)26-21(29)19(15-7-4-3-5-8-15)31-18(27)9-6-14-25-20(28)16-10-12-17(23)13-11-16/h3-5,7-8,10-13,19H,2,6,9,14H2,1H3,(H,25,28)(H2,24,26,29,30). The summed E-state index contributed by atoms with van der Waals surface area (Å²) in [7, 11) is 0. The van der Waals surface area contributed by atoms with Gasteiger partial charge in [0.05, 0.1) is 0 Å². The number of esters is 1. The van der Waals surface area contributed by atoms with E-state index in [1.165, 1.54) is 0 Å². The average Bonchev–Trinajstić information content (AvgIpc) is 2.76. The van der Waals surface area contributed by atoms with Crippen LogP contribution in [0.3, 0.4) is 0 Å². The Kier molecular flexibility index (Phi) is 9.51. The van der Waals surface area contributed by atoms with Gasteiger partial charge in [0.2, 0.25) is 6.10 Å². The molecule has 31 heavy (non-hydrogen) atoms. The Morgan fingerprint density at radius 2 is 1.65 bits per heavy atom. The van der Waals surface area contributed by atoms with Gasteiger partial charge in [0.15, 0.2) is 0 Å². The van der Waals surface area contributed by atoms with Crippen molar-refractivity contribution in [3.63, 3.8) is 0 Å². The molecule has 0 saturated carbocycles. The Labute approximate surface area is 185 Å². The number of ether oxygens (including phenoxy) is 1. The summed E-state index contributed by atoms with van der Waals surface area (Å²) in [5.41, 5.74) is 0.895. The number of amides is 4. The molecule has 9 heteroatoms. The maximum absolute atomic E-state index is 12.4. The van der Waals surface area contributed by atoms with Gasteiger partial charge < -0.3 is 15.4 Å². The van der Waals surface area contributed by atoms with Gasteiger partial charge in [0.1, 0.15) is 0 Å². The molecule has 1 atom stereocenters. The number of hydrogen-bond acceptors (Lipinski definition) is 5. The number of nitrogens with one attached hydrogen (secondary N) is 3. The second-order valence-corrected chi connectivity index (χ2v) is 6.93. The summed E-state index contributed by atoms with van der Waals surface area (Å²) in [6.45, 7) is 2.30. The van der Waals surface area contributed by atoms with Crippen LogP contribution in [-0.2, 0) is 14.3 Å². The molecule has 0 aliphatic heterocycles. The van der Waals surface area contributed by atoms with E-state index in [4.69, 9.17) is 16.3 Å². The SMILES string of the molecule is CCNC(=O)NC(=O)C(OC(=O)CCCNC(=O)c1ccc(Cl)cc1)c1ccccc1. The first-order chi connectivity index (χ1) is 14.9. The number of carbonyl (C=O) groups is 4. The fourth-order valence-electron chi connectivity index (χ4n) is 2.61. The largest absolute Gasteiger partial charge is 0.447 e. The highest BCUT2D eigenvalue weighted by atomic mass is 35.5. The van der Waals surface area contributed by atoms with Gasteiger partial charge in [-0.25, -0.2) is 4.79 Å². The molecule has 0 heterocycles. The molecule has 0 radical (unpaired) electrons. The molecule has 1 unspecified atom stereocenters. The molecule has 0 bridgehead atoms. The normalized spacial score (nSPS) is 11.2. The fraction of sp³-hybridized carbons (Fsp3) is 0.273. The molecular weight excluding hydrogens is 422 g/mol. The van der Waals surface area contributed by atoms with E-state index in [9.17, 15) is 19.2 Å². The predicted octanol–water partition coefficient (Wildman–Crippen LogP) is 2.98. The van der Waals surface area contributed by atoms with Crippen LogP contribution in [-0.4, -0.2) is 36.9 Å². The molecule has 2 aromatic rings. The lowest BCUT2D eigenvalue weighted by molar-refractivity contribution is -0.156. The summed E-state index contributed by atoms with van der Waals surface area (Å²) >= 11 is 5.80. The first-order valence-electron chi connectivity index (χ1n) is 9.77. The Morgan fingerprint density at radius 1 is 0.968 bits per heavy atom. The number of carbonyl (C=O) groups excluding carboxylic acids is 4. The van der Waals surface area contributed by atoms with Crippen LogP contribution in [0.5, 0.6) is 0 Å². The maximum Gasteiger partial charge on any atom is 0.321 e. The summed E-state index contributed by atoms with van der Waals surface area (Å²) in [6, 6.07) is 14.2. The summed E-state index contributed by atoms with van der Waals surface area (Å²) in [6.07, 6.45) is -0.962. The van der Waals surface area contributed by atoms with E-state index >= 15 is 0 Å². The highest BCUT2D eigenvalue weighted by Gasteiger charge is 2.26. The van der Waals surface area contributed by atoms with E-state index in [0.29, 0.717) is 29.1 Å². The molecule has 164 valence electrons. The minimum absolute atomic E-state index is 0.0152. The predicted molar refractivity (Wildman–Crippen MR) is 116 cm³/mol. The minimum atomic E-state index is -1.26. The highest BCUT2D eigenvalue weighted by Crippen LogP contribution is 2.18. The zero-order valence-electron chi connectivity index (χ0n) is 17.0. The Morgan fingerprint density at radius 3 is 2.29 bits per heavy atom. The van der Waals surface area contributed by atoms with Crippen LogP contribution in [0.2, 0.25) is 5.02 Å². The van der Waals surface area contributed by atoms with E-state index in [-0.39, 0.29) is 18.9 Å². The van der Waals surface area contributed by atoms with Crippen LogP contribution in [0, 0.1) is 0 Å². The van der Waals surface area contributed by atoms with E-state index in [1.54, 1.807) is 61.5 Å². The Balaban J connectivity index is 1.86.